The number of anilines is 2. The Balaban J connectivity index is 1.30. The summed E-state index contributed by atoms with van der Waals surface area (Å²) in [6.07, 6.45) is 2.07. The highest BCUT2D eigenvalue weighted by atomic mass is 28.4. The van der Waals surface area contributed by atoms with Crippen molar-refractivity contribution in [3.8, 4) is 0 Å². The summed E-state index contributed by atoms with van der Waals surface area (Å²) in [5, 5.41) is 17.5. The molecule has 2 N–H and O–H groups in total. The molecule has 3 aliphatic heterocycles. The molecule has 6 rings (SSSR count). The number of ether oxygens (including phenoxy) is 2. The average Bonchev–Trinajstić information content (AvgIpc) is 3.71. The Bertz CT molecular complexity index is 1490. The van der Waals surface area contributed by atoms with E-state index in [1.807, 2.05) is 74.7 Å². The van der Waals surface area contributed by atoms with Crippen LogP contribution in [0.15, 0.2) is 54.7 Å². The largest absolute Gasteiger partial charge is 0.447 e. The van der Waals surface area contributed by atoms with Crippen LogP contribution in [0.5, 0.6) is 0 Å². The first-order valence-electron chi connectivity index (χ1n) is 14.5. The predicted molar refractivity (Wildman–Crippen MR) is 157 cm³/mol. The number of carbonyl (C=O) groups excluding carboxylic acids is 2. The lowest BCUT2D eigenvalue weighted by molar-refractivity contribution is -0.146. The zero-order valence-electron chi connectivity index (χ0n) is 24.1. The van der Waals surface area contributed by atoms with Crippen LogP contribution in [-0.2, 0) is 39.4 Å². The van der Waals surface area contributed by atoms with Crippen molar-refractivity contribution in [2.45, 2.75) is 63.2 Å². The Morgan fingerprint density at radius 2 is 1.95 bits per heavy atom. The number of para-hydroxylation sites is 1. The maximum atomic E-state index is 14.6. The molecule has 0 bridgehead atoms. The molecular weight excluding hydrogens is 554 g/mol. The zero-order valence-corrected chi connectivity index (χ0v) is 25.1. The van der Waals surface area contributed by atoms with Crippen LogP contribution in [0.1, 0.15) is 30.2 Å². The number of hydrogen-bond acceptors (Lipinski definition) is 8. The van der Waals surface area contributed by atoms with E-state index in [1.165, 1.54) is 0 Å². The standard InChI is InChI=1S/C30H37N5O6Si/c1-20-27(42(2,3)39)26(11-13-33-19-22(12-15-36)31-32-33)41-30(20)24-9-4-5-10-25(24)35(28(30)37)18-21-7-6-8-23(17-21)34-14-16-40-29(34)38/h4-10,17,19-20,26-27,36,39H,11-16,18H2,1-3H3/t20-,26+,27-,30+/m1/s1. The van der Waals surface area contributed by atoms with Crippen LogP contribution in [0.2, 0.25) is 18.6 Å². The summed E-state index contributed by atoms with van der Waals surface area (Å²) in [5.41, 5.74) is 2.52. The van der Waals surface area contributed by atoms with E-state index >= 15 is 0 Å². The average molecular weight is 592 g/mol. The normalized spacial score (nSPS) is 25.5. The highest BCUT2D eigenvalue weighted by Gasteiger charge is 2.66. The molecule has 0 radical (unpaired) electrons. The lowest BCUT2D eigenvalue weighted by Gasteiger charge is -2.32. The van der Waals surface area contributed by atoms with E-state index in [4.69, 9.17) is 9.47 Å². The van der Waals surface area contributed by atoms with Gasteiger partial charge in [-0.2, -0.15) is 0 Å². The molecule has 2 aromatic carbocycles. The molecule has 4 heterocycles. The number of carbonyl (C=O) groups is 2. The Morgan fingerprint density at radius 3 is 2.69 bits per heavy atom. The molecule has 42 heavy (non-hydrogen) atoms. The van der Waals surface area contributed by atoms with Gasteiger partial charge in [-0.05, 0) is 43.3 Å². The molecular formula is C30H37N5O6Si. The van der Waals surface area contributed by atoms with Crippen LogP contribution in [0.3, 0.4) is 0 Å². The molecule has 2 fully saturated rings. The van der Waals surface area contributed by atoms with Crippen LogP contribution in [-0.4, -0.2) is 71.1 Å². The Kier molecular flexibility index (Phi) is 7.42. The molecule has 2 saturated heterocycles. The van der Waals surface area contributed by atoms with Gasteiger partial charge in [0.05, 0.1) is 30.6 Å². The maximum absolute atomic E-state index is 14.6. The predicted octanol–water partition coefficient (Wildman–Crippen LogP) is 3.20. The number of hydrogen-bond donors (Lipinski definition) is 2. The van der Waals surface area contributed by atoms with Gasteiger partial charge < -0.3 is 24.3 Å². The summed E-state index contributed by atoms with van der Waals surface area (Å²) in [4.78, 5) is 41.6. The lowest BCUT2D eigenvalue weighted by Crippen LogP contribution is -2.46. The first kappa shape index (κ1) is 28.5. The monoisotopic (exact) mass is 591 g/mol. The van der Waals surface area contributed by atoms with Gasteiger partial charge in [-0.25, -0.2) is 4.79 Å². The molecule has 1 spiro atoms. The van der Waals surface area contributed by atoms with Gasteiger partial charge in [0, 0.05) is 48.5 Å². The van der Waals surface area contributed by atoms with Crippen LogP contribution in [0, 0.1) is 5.92 Å². The molecule has 4 atom stereocenters. The topological polar surface area (TPSA) is 130 Å². The first-order chi connectivity index (χ1) is 20.1. The quantitative estimate of drug-likeness (QED) is 0.363. The summed E-state index contributed by atoms with van der Waals surface area (Å²) < 4.78 is 13.7. The molecule has 1 aromatic heterocycles. The van der Waals surface area contributed by atoms with Crippen molar-refractivity contribution < 1.29 is 29.0 Å². The van der Waals surface area contributed by atoms with E-state index < -0.39 is 13.9 Å². The van der Waals surface area contributed by atoms with E-state index in [0.29, 0.717) is 44.8 Å². The molecule has 222 valence electrons. The lowest BCUT2D eigenvalue weighted by atomic mass is 9.82. The van der Waals surface area contributed by atoms with Gasteiger partial charge in [0.2, 0.25) is 0 Å². The summed E-state index contributed by atoms with van der Waals surface area (Å²) >= 11 is 0. The molecule has 2 amide bonds. The van der Waals surface area contributed by atoms with Crippen molar-refractivity contribution in [1.82, 2.24) is 15.0 Å². The van der Waals surface area contributed by atoms with Gasteiger partial charge in [-0.3, -0.25) is 14.4 Å². The third-order valence-electron chi connectivity index (χ3n) is 8.81. The minimum atomic E-state index is -2.79. The summed E-state index contributed by atoms with van der Waals surface area (Å²) in [5.74, 6) is -0.404. The molecule has 0 saturated carbocycles. The van der Waals surface area contributed by atoms with E-state index in [0.717, 1.165) is 22.5 Å². The van der Waals surface area contributed by atoms with Gasteiger partial charge in [-0.15, -0.1) is 5.10 Å². The number of rotatable bonds is 9. The van der Waals surface area contributed by atoms with Gasteiger partial charge in [0.15, 0.2) is 13.9 Å². The number of aliphatic hydroxyl groups is 1. The number of amides is 2. The molecule has 0 aliphatic carbocycles. The van der Waals surface area contributed by atoms with E-state index in [9.17, 15) is 19.5 Å². The van der Waals surface area contributed by atoms with Crippen LogP contribution >= 0.6 is 0 Å². The van der Waals surface area contributed by atoms with Crippen molar-refractivity contribution in [1.29, 1.82) is 0 Å². The van der Waals surface area contributed by atoms with Crippen molar-refractivity contribution in [2.24, 2.45) is 5.92 Å². The molecule has 11 nitrogen and oxygen atoms in total. The maximum Gasteiger partial charge on any atom is 0.414 e. The van der Waals surface area contributed by atoms with Gasteiger partial charge in [-0.1, -0.05) is 42.5 Å². The van der Waals surface area contributed by atoms with Gasteiger partial charge in [0.25, 0.3) is 5.91 Å². The second-order valence-electron chi connectivity index (χ2n) is 11.9. The first-order valence-corrected chi connectivity index (χ1v) is 17.5. The van der Waals surface area contributed by atoms with Crippen LogP contribution in [0.25, 0.3) is 0 Å². The Labute approximate surface area is 245 Å². The Morgan fingerprint density at radius 1 is 1.14 bits per heavy atom. The highest BCUT2D eigenvalue weighted by Crippen LogP contribution is 2.59. The number of aromatic nitrogens is 3. The molecule has 0 unspecified atom stereocenters. The number of aryl methyl sites for hydroxylation is 1. The second-order valence-corrected chi connectivity index (χ2v) is 15.9. The van der Waals surface area contributed by atoms with E-state index in [1.54, 1.807) is 14.5 Å². The third kappa shape index (κ3) is 4.81. The van der Waals surface area contributed by atoms with Crippen molar-refractivity contribution in [3.05, 3.63) is 71.5 Å². The number of benzene rings is 2. The highest BCUT2D eigenvalue weighted by molar-refractivity contribution is 6.71. The van der Waals surface area contributed by atoms with Gasteiger partial charge in [0.1, 0.15) is 6.61 Å². The third-order valence-corrected chi connectivity index (χ3v) is 11.3. The number of aliphatic hydroxyl groups excluding tert-OH is 1. The number of nitrogens with zero attached hydrogens (tertiary/aromatic N) is 5. The molecule has 12 heteroatoms. The minimum absolute atomic E-state index is 0.00392. The van der Waals surface area contributed by atoms with Crippen LogP contribution < -0.4 is 9.80 Å². The van der Waals surface area contributed by atoms with Crippen molar-refractivity contribution in [3.63, 3.8) is 0 Å². The summed E-state index contributed by atoms with van der Waals surface area (Å²) in [7, 11) is -2.79. The summed E-state index contributed by atoms with van der Waals surface area (Å²) in [6, 6.07) is 15.4. The van der Waals surface area contributed by atoms with Gasteiger partial charge >= 0.3 is 6.09 Å². The fourth-order valence-electron chi connectivity index (χ4n) is 7.03. The minimum Gasteiger partial charge on any atom is -0.447 e. The fraction of sp³-hybridized carbons (Fsp3) is 0.467. The van der Waals surface area contributed by atoms with Crippen molar-refractivity contribution >= 4 is 31.7 Å². The SMILES string of the molecule is C[C@@H]1[C@@H]([Si](C)(C)O)[C@H](CCn2cc(CCO)nn2)O[C@@]12C(=O)N(Cc1cccc(N3CCOC3=O)c1)c1ccccc12. The van der Waals surface area contributed by atoms with Crippen molar-refractivity contribution in [2.75, 3.05) is 29.6 Å². The molecule has 3 aliphatic rings. The molecule has 3 aromatic rings. The second kappa shape index (κ2) is 10.9. The zero-order chi connectivity index (χ0) is 29.6. The Hall–Kier alpha value is -3.58. The number of fused-ring (bicyclic) bond motifs is 2. The van der Waals surface area contributed by atoms with E-state index in [2.05, 4.69) is 10.3 Å². The smallest absolute Gasteiger partial charge is 0.414 e. The fourth-order valence-corrected chi connectivity index (χ4v) is 9.63. The van der Waals surface area contributed by atoms with Crippen LogP contribution in [0.4, 0.5) is 16.2 Å². The summed E-state index contributed by atoms with van der Waals surface area (Å²) in [6.45, 7) is 7.53. The van der Waals surface area contributed by atoms with E-state index in [-0.39, 0.29) is 36.2 Å². The number of cyclic esters (lactones) is 1.